The highest BCUT2D eigenvalue weighted by atomic mass is 79.9. The molecule has 0 aliphatic rings. The number of aromatic carboxylic acids is 1. The van der Waals surface area contributed by atoms with Crippen LogP contribution < -0.4 is 5.32 Å². The molecule has 5 heteroatoms. The highest BCUT2D eigenvalue weighted by Gasteiger charge is 2.06. The molecule has 1 aromatic carbocycles. The number of anilines is 1. The largest absolute Gasteiger partial charge is 0.478 e. The van der Waals surface area contributed by atoms with E-state index in [9.17, 15) is 4.79 Å². The summed E-state index contributed by atoms with van der Waals surface area (Å²) >= 11 is 3.32. The van der Waals surface area contributed by atoms with E-state index in [1.807, 2.05) is 6.07 Å². The van der Waals surface area contributed by atoms with E-state index < -0.39 is 5.97 Å². The van der Waals surface area contributed by atoms with Crippen LogP contribution in [-0.4, -0.2) is 42.2 Å². The first-order valence-corrected chi connectivity index (χ1v) is 6.86. The third-order valence-corrected chi connectivity index (χ3v) is 3.25. The Morgan fingerprint density at radius 2 is 2.00 bits per heavy atom. The van der Waals surface area contributed by atoms with E-state index in [0.29, 0.717) is 0 Å². The summed E-state index contributed by atoms with van der Waals surface area (Å²) in [6, 6.07) is 5.13. The van der Waals surface area contributed by atoms with Crippen molar-refractivity contribution in [2.75, 3.05) is 31.5 Å². The van der Waals surface area contributed by atoms with Crippen LogP contribution >= 0.6 is 15.9 Å². The quantitative estimate of drug-likeness (QED) is 0.812. The third-order valence-electron chi connectivity index (χ3n) is 2.80. The van der Waals surface area contributed by atoms with Crippen LogP contribution in [0.2, 0.25) is 0 Å². The summed E-state index contributed by atoms with van der Waals surface area (Å²) in [7, 11) is 0. The predicted octanol–water partition coefficient (Wildman–Crippen LogP) is 2.90. The van der Waals surface area contributed by atoms with Crippen molar-refractivity contribution in [2.24, 2.45) is 0 Å². The average molecular weight is 315 g/mol. The number of hydrogen-bond donors (Lipinski definition) is 2. The molecular formula is C13H19BrN2O2. The minimum absolute atomic E-state index is 0.287. The second-order valence-corrected chi connectivity index (χ2v) is 4.90. The van der Waals surface area contributed by atoms with Gasteiger partial charge >= 0.3 is 5.97 Å². The topological polar surface area (TPSA) is 52.6 Å². The smallest absolute Gasteiger partial charge is 0.335 e. The zero-order valence-electron chi connectivity index (χ0n) is 10.7. The maximum atomic E-state index is 10.9. The number of carbonyl (C=O) groups is 1. The summed E-state index contributed by atoms with van der Waals surface area (Å²) in [5.74, 6) is -0.914. The molecule has 4 nitrogen and oxygen atoms in total. The molecule has 0 bridgehead atoms. The lowest BCUT2D eigenvalue weighted by Gasteiger charge is -2.18. The number of benzene rings is 1. The highest BCUT2D eigenvalue weighted by molar-refractivity contribution is 9.10. The molecule has 18 heavy (non-hydrogen) atoms. The molecule has 1 aromatic rings. The summed E-state index contributed by atoms with van der Waals surface area (Å²) in [5.41, 5.74) is 1.11. The Morgan fingerprint density at radius 3 is 2.56 bits per heavy atom. The lowest BCUT2D eigenvalue weighted by molar-refractivity contribution is 0.0697. The lowest BCUT2D eigenvalue weighted by atomic mass is 10.2. The van der Waals surface area contributed by atoms with Gasteiger partial charge in [0.1, 0.15) is 0 Å². The lowest BCUT2D eigenvalue weighted by Crippen LogP contribution is -2.28. The number of halogens is 1. The molecule has 2 N–H and O–H groups in total. The van der Waals surface area contributed by atoms with Gasteiger partial charge in [-0.15, -0.1) is 0 Å². The monoisotopic (exact) mass is 314 g/mol. The van der Waals surface area contributed by atoms with Crippen molar-refractivity contribution in [3.05, 3.63) is 28.2 Å². The standard InChI is InChI=1S/C13H19BrN2O2/c1-3-16(4-2)6-5-15-12-8-10(13(17)18)7-11(14)9-12/h7-9,15H,3-6H2,1-2H3,(H,17,18). The van der Waals surface area contributed by atoms with Crippen molar-refractivity contribution in [1.29, 1.82) is 0 Å². The number of nitrogens with one attached hydrogen (secondary N) is 1. The predicted molar refractivity (Wildman–Crippen MR) is 77.4 cm³/mol. The first-order chi connectivity index (χ1) is 8.56. The van der Waals surface area contributed by atoms with Crippen LogP contribution in [0.25, 0.3) is 0 Å². The van der Waals surface area contributed by atoms with Crippen LogP contribution in [0.15, 0.2) is 22.7 Å². The van der Waals surface area contributed by atoms with Gasteiger partial charge in [-0.1, -0.05) is 29.8 Å². The second-order valence-electron chi connectivity index (χ2n) is 3.99. The molecule has 0 fully saturated rings. The normalized spacial score (nSPS) is 10.7. The van der Waals surface area contributed by atoms with Gasteiger partial charge in [0, 0.05) is 23.2 Å². The zero-order chi connectivity index (χ0) is 13.5. The van der Waals surface area contributed by atoms with Gasteiger partial charge in [0.15, 0.2) is 0 Å². The fourth-order valence-electron chi connectivity index (χ4n) is 1.71. The fourth-order valence-corrected chi connectivity index (χ4v) is 2.21. The molecule has 0 atom stereocenters. The molecule has 0 unspecified atom stereocenters. The summed E-state index contributed by atoms with van der Waals surface area (Å²) in [6.45, 7) is 8.06. The Kier molecular flexibility index (Phi) is 6.15. The minimum Gasteiger partial charge on any atom is -0.478 e. The molecule has 0 amide bonds. The van der Waals surface area contributed by atoms with Gasteiger partial charge in [0.25, 0.3) is 0 Å². The molecular weight excluding hydrogens is 296 g/mol. The van der Waals surface area contributed by atoms with Gasteiger partial charge in [-0.05, 0) is 31.3 Å². The Balaban J connectivity index is 2.59. The van der Waals surface area contributed by atoms with Crippen molar-refractivity contribution < 1.29 is 9.90 Å². The molecule has 0 saturated heterocycles. The van der Waals surface area contributed by atoms with Gasteiger partial charge in [-0.2, -0.15) is 0 Å². The number of rotatable bonds is 7. The Morgan fingerprint density at radius 1 is 1.33 bits per heavy atom. The average Bonchev–Trinajstić information content (AvgIpc) is 2.34. The summed E-state index contributed by atoms with van der Waals surface area (Å²) < 4.78 is 0.771. The number of carboxylic acids is 1. The molecule has 0 spiro atoms. The van der Waals surface area contributed by atoms with Crippen molar-refractivity contribution in [3.8, 4) is 0 Å². The van der Waals surface area contributed by atoms with Crippen molar-refractivity contribution in [2.45, 2.75) is 13.8 Å². The van der Waals surface area contributed by atoms with Crippen molar-refractivity contribution in [1.82, 2.24) is 4.90 Å². The van der Waals surface area contributed by atoms with Crippen LogP contribution in [0.4, 0.5) is 5.69 Å². The Labute approximate surface area is 116 Å². The van der Waals surface area contributed by atoms with E-state index >= 15 is 0 Å². The van der Waals surface area contributed by atoms with Gasteiger partial charge in [-0.25, -0.2) is 4.79 Å². The van der Waals surface area contributed by atoms with E-state index in [1.54, 1.807) is 12.1 Å². The van der Waals surface area contributed by atoms with E-state index in [1.165, 1.54) is 0 Å². The molecule has 0 heterocycles. The summed E-state index contributed by atoms with van der Waals surface area (Å²) in [5, 5.41) is 12.2. The van der Waals surface area contributed by atoms with Crippen LogP contribution in [0.5, 0.6) is 0 Å². The molecule has 0 radical (unpaired) electrons. The molecule has 0 aliphatic carbocycles. The maximum Gasteiger partial charge on any atom is 0.335 e. The number of nitrogens with zero attached hydrogens (tertiary/aromatic N) is 1. The second kappa shape index (κ2) is 7.38. The van der Waals surface area contributed by atoms with Gasteiger partial charge < -0.3 is 15.3 Å². The van der Waals surface area contributed by atoms with Crippen LogP contribution in [-0.2, 0) is 0 Å². The minimum atomic E-state index is -0.914. The van der Waals surface area contributed by atoms with Gasteiger partial charge in [0.2, 0.25) is 0 Å². The van der Waals surface area contributed by atoms with E-state index in [2.05, 4.69) is 40.0 Å². The highest BCUT2D eigenvalue weighted by Crippen LogP contribution is 2.19. The van der Waals surface area contributed by atoms with Crippen molar-refractivity contribution >= 4 is 27.6 Å². The molecule has 0 saturated carbocycles. The molecule has 1 rings (SSSR count). The third kappa shape index (κ3) is 4.66. The Bertz CT molecular complexity index is 406. The Hall–Kier alpha value is -1.07. The fraction of sp³-hybridized carbons (Fsp3) is 0.462. The SMILES string of the molecule is CCN(CC)CCNc1cc(Br)cc(C(=O)O)c1. The maximum absolute atomic E-state index is 10.9. The molecule has 0 aliphatic heterocycles. The number of carboxylic acid groups (broad SMARTS) is 1. The number of likely N-dealkylation sites (N-methyl/N-ethyl adjacent to an activating group) is 1. The first kappa shape index (κ1) is 15.0. The van der Waals surface area contributed by atoms with Crippen LogP contribution in [0, 0.1) is 0 Å². The van der Waals surface area contributed by atoms with E-state index in [0.717, 1.165) is 36.3 Å². The zero-order valence-corrected chi connectivity index (χ0v) is 12.3. The first-order valence-electron chi connectivity index (χ1n) is 6.07. The van der Waals surface area contributed by atoms with Crippen LogP contribution in [0.3, 0.4) is 0 Å². The summed E-state index contributed by atoms with van der Waals surface area (Å²) in [4.78, 5) is 13.2. The van der Waals surface area contributed by atoms with Crippen molar-refractivity contribution in [3.63, 3.8) is 0 Å². The van der Waals surface area contributed by atoms with E-state index in [4.69, 9.17) is 5.11 Å². The van der Waals surface area contributed by atoms with Crippen LogP contribution in [0.1, 0.15) is 24.2 Å². The van der Waals surface area contributed by atoms with Gasteiger partial charge in [0.05, 0.1) is 5.56 Å². The van der Waals surface area contributed by atoms with E-state index in [-0.39, 0.29) is 5.56 Å². The van der Waals surface area contributed by atoms with Gasteiger partial charge in [-0.3, -0.25) is 0 Å². The number of hydrogen-bond acceptors (Lipinski definition) is 3. The molecule has 0 aromatic heterocycles. The summed E-state index contributed by atoms with van der Waals surface area (Å²) in [6.07, 6.45) is 0. The molecule has 100 valence electrons.